The Kier molecular flexibility index (Phi) is 5.49. The molecule has 2 N–H and O–H groups in total. The van der Waals surface area contributed by atoms with Crippen molar-refractivity contribution in [3.63, 3.8) is 0 Å². The molecule has 0 radical (unpaired) electrons. The number of halogens is 2. The summed E-state index contributed by atoms with van der Waals surface area (Å²) in [6.45, 7) is 0. The zero-order chi connectivity index (χ0) is 19.4. The first-order valence-electron chi connectivity index (χ1n) is 7.52. The van der Waals surface area contributed by atoms with Gasteiger partial charge in [-0.2, -0.15) is 10.2 Å². The highest BCUT2D eigenvalue weighted by molar-refractivity contribution is 6.35. The number of hydrogen-bond donors (Lipinski definition) is 2. The molecule has 27 heavy (non-hydrogen) atoms. The van der Waals surface area contributed by atoms with E-state index in [1.165, 1.54) is 30.5 Å². The van der Waals surface area contributed by atoms with E-state index in [-0.39, 0.29) is 11.4 Å². The Hall–Kier alpha value is -3.23. The zero-order valence-corrected chi connectivity index (χ0v) is 15.0. The molecule has 0 aliphatic carbocycles. The zero-order valence-electron chi connectivity index (χ0n) is 13.5. The van der Waals surface area contributed by atoms with Crippen LogP contribution in [0.2, 0.25) is 10.0 Å². The van der Waals surface area contributed by atoms with Crippen molar-refractivity contribution >= 4 is 41.0 Å². The van der Waals surface area contributed by atoms with Crippen LogP contribution in [-0.2, 0) is 0 Å². The summed E-state index contributed by atoms with van der Waals surface area (Å²) in [5.74, 6) is -0.500. The van der Waals surface area contributed by atoms with Crippen molar-refractivity contribution < 1.29 is 9.72 Å². The number of non-ortho nitro benzene ring substituents is 1. The van der Waals surface area contributed by atoms with Gasteiger partial charge >= 0.3 is 0 Å². The molecule has 136 valence electrons. The van der Waals surface area contributed by atoms with Crippen LogP contribution in [-0.4, -0.2) is 27.2 Å². The van der Waals surface area contributed by atoms with Crippen molar-refractivity contribution in [2.45, 2.75) is 0 Å². The van der Waals surface area contributed by atoms with E-state index in [4.69, 9.17) is 23.2 Å². The molecule has 10 heteroatoms. The molecule has 8 nitrogen and oxygen atoms in total. The quantitative estimate of drug-likeness (QED) is 0.379. The Morgan fingerprint density at radius 1 is 1.15 bits per heavy atom. The molecule has 0 aliphatic heterocycles. The molecule has 1 amide bonds. The summed E-state index contributed by atoms with van der Waals surface area (Å²) in [5, 5.41) is 22.0. The van der Waals surface area contributed by atoms with Crippen molar-refractivity contribution in [2.24, 2.45) is 5.10 Å². The molecule has 0 saturated carbocycles. The highest BCUT2D eigenvalue weighted by Gasteiger charge is 2.11. The van der Waals surface area contributed by atoms with Crippen LogP contribution in [0.3, 0.4) is 0 Å². The summed E-state index contributed by atoms with van der Waals surface area (Å²) in [6.07, 6.45) is 1.37. The molecule has 1 aromatic heterocycles. The number of amides is 1. The van der Waals surface area contributed by atoms with Gasteiger partial charge in [0.2, 0.25) is 0 Å². The Morgan fingerprint density at radius 3 is 2.44 bits per heavy atom. The first-order chi connectivity index (χ1) is 12.9. The smallest absolute Gasteiger partial charge is 0.272 e. The van der Waals surface area contributed by atoms with E-state index in [9.17, 15) is 14.9 Å². The van der Waals surface area contributed by atoms with Crippen LogP contribution < -0.4 is 5.43 Å². The predicted molar refractivity (Wildman–Crippen MR) is 102 cm³/mol. The topological polar surface area (TPSA) is 113 Å². The molecule has 2 aromatic carbocycles. The second-order valence-corrected chi connectivity index (χ2v) is 6.25. The van der Waals surface area contributed by atoms with E-state index < -0.39 is 10.8 Å². The number of nitro benzene ring substituents is 1. The number of nitrogens with one attached hydrogen (secondary N) is 2. The van der Waals surface area contributed by atoms with Crippen molar-refractivity contribution in [3.05, 3.63) is 79.9 Å². The lowest BCUT2D eigenvalue weighted by molar-refractivity contribution is -0.384. The summed E-state index contributed by atoms with van der Waals surface area (Å²) >= 11 is 11.9. The van der Waals surface area contributed by atoms with Gasteiger partial charge in [0.05, 0.1) is 16.8 Å². The van der Waals surface area contributed by atoms with E-state index in [0.29, 0.717) is 26.9 Å². The number of H-pyrrole nitrogens is 1. The molecular formula is C17H11Cl2N5O3. The minimum atomic E-state index is -0.500. The Morgan fingerprint density at radius 2 is 1.81 bits per heavy atom. The number of benzene rings is 2. The van der Waals surface area contributed by atoms with Gasteiger partial charge < -0.3 is 0 Å². The van der Waals surface area contributed by atoms with Crippen LogP contribution in [0, 0.1) is 10.1 Å². The number of rotatable bonds is 5. The van der Waals surface area contributed by atoms with Gasteiger partial charge in [0, 0.05) is 27.7 Å². The molecule has 0 atom stereocenters. The maximum absolute atomic E-state index is 12.1. The average molecular weight is 404 g/mol. The number of nitro groups is 1. The van der Waals surface area contributed by atoms with Crippen LogP contribution >= 0.6 is 23.2 Å². The SMILES string of the molecule is O=C(N/N=C/c1ccc([N+](=O)[O-])cc1)c1cc(-c2cc(Cl)cc(Cl)c2)n[nH]1. The highest BCUT2D eigenvalue weighted by Crippen LogP contribution is 2.26. The van der Waals surface area contributed by atoms with Gasteiger partial charge in [-0.05, 0) is 42.0 Å². The van der Waals surface area contributed by atoms with Crippen molar-refractivity contribution in [3.8, 4) is 11.3 Å². The number of hydrogen-bond acceptors (Lipinski definition) is 5. The summed E-state index contributed by atoms with van der Waals surface area (Å²) < 4.78 is 0. The fourth-order valence-corrected chi connectivity index (χ4v) is 2.72. The van der Waals surface area contributed by atoms with E-state index in [2.05, 4.69) is 20.7 Å². The molecule has 3 rings (SSSR count). The summed E-state index contributed by atoms with van der Waals surface area (Å²) in [5.41, 5.74) is 4.28. The molecule has 0 spiro atoms. The van der Waals surface area contributed by atoms with E-state index in [1.807, 2.05) is 0 Å². The molecule has 0 fully saturated rings. The normalized spacial score (nSPS) is 10.9. The van der Waals surface area contributed by atoms with Crippen molar-refractivity contribution in [2.75, 3.05) is 0 Å². The maximum atomic E-state index is 12.1. The third-order valence-corrected chi connectivity index (χ3v) is 3.90. The first-order valence-corrected chi connectivity index (χ1v) is 8.28. The first kappa shape index (κ1) is 18.6. The van der Waals surface area contributed by atoms with E-state index >= 15 is 0 Å². The highest BCUT2D eigenvalue weighted by atomic mass is 35.5. The lowest BCUT2D eigenvalue weighted by Crippen LogP contribution is -2.17. The minimum absolute atomic E-state index is 0.0257. The Bertz CT molecular complexity index is 1010. The summed E-state index contributed by atoms with van der Waals surface area (Å²) in [4.78, 5) is 22.2. The fourth-order valence-electron chi connectivity index (χ4n) is 2.20. The molecule has 0 unspecified atom stereocenters. The van der Waals surface area contributed by atoms with E-state index in [1.54, 1.807) is 24.3 Å². The third-order valence-electron chi connectivity index (χ3n) is 3.46. The molecule has 0 aliphatic rings. The van der Waals surface area contributed by atoms with Gasteiger partial charge in [0.15, 0.2) is 0 Å². The third kappa shape index (κ3) is 4.69. The van der Waals surface area contributed by atoms with Gasteiger partial charge in [-0.1, -0.05) is 23.2 Å². The number of aromatic amines is 1. The van der Waals surface area contributed by atoms with Gasteiger partial charge in [0.1, 0.15) is 5.69 Å². The van der Waals surface area contributed by atoms with Crippen LogP contribution in [0.1, 0.15) is 16.1 Å². The van der Waals surface area contributed by atoms with Crippen molar-refractivity contribution in [1.29, 1.82) is 0 Å². The number of carbonyl (C=O) groups is 1. The second kappa shape index (κ2) is 7.98. The van der Waals surface area contributed by atoms with Crippen LogP contribution in [0.15, 0.2) is 53.6 Å². The Labute approximate surface area is 163 Å². The summed E-state index contributed by atoms with van der Waals surface area (Å²) in [6, 6.07) is 12.2. The minimum Gasteiger partial charge on any atom is -0.272 e. The molecule has 0 saturated heterocycles. The maximum Gasteiger partial charge on any atom is 0.289 e. The van der Waals surface area contributed by atoms with Gasteiger partial charge in [-0.25, -0.2) is 5.43 Å². The largest absolute Gasteiger partial charge is 0.289 e. The standard InChI is InChI=1S/C17H11Cl2N5O3/c18-12-5-11(6-13(19)7-12)15-8-16(22-21-15)17(25)23-20-9-10-1-3-14(4-2-10)24(26)27/h1-9H,(H,21,22)(H,23,25)/b20-9+. The second-order valence-electron chi connectivity index (χ2n) is 5.37. The number of nitrogens with zero attached hydrogens (tertiary/aromatic N) is 3. The van der Waals surface area contributed by atoms with Gasteiger partial charge in [0.25, 0.3) is 11.6 Å². The monoisotopic (exact) mass is 403 g/mol. The molecule has 1 heterocycles. The fraction of sp³-hybridized carbons (Fsp3) is 0. The summed E-state index contributed by atoms with van der Waals surface area (Å²) in [7, 11) is 0. The van der Waals surface area contributed by atoms with Gasteiger partial charge in [-0.15, -0.1) is 0 Å². The number of aromatic nitrogens is 2. The number of hydrazone groups is 1. The van der Waals surface area contributed by atoms with Crippen LogP contribution in [0.25, 0.3) is 11.3 Å². The average Bonchev–Trinajstić information content (AvgIpc) is 3.11. The lowest BCUT2D eigenvalue weighted by Gasteiger charge is -1.98. The molecule has 3 aromatic rings. The molecular weight excluding hydrogens is 393 g/mol. The number of carbonyl (C=O) groups excluding carboxylic acids is 1. The lowest BCUT2D eigenvalue weighted by atomic mass is 10.1. The van der Waals surface area contributed by atoms with E-state index in [0.717, 1.165) is 0 Å². The Balaban J connectivity index is 1.66. The molecule has 0 bridgehead atoms. The van der Waals surface area contributed by atoms with Crippen molar-refractivity contribution in [1.82, 2.24) is 15.6 Å². The predicted octanol–water partition coefficient (Wildman–Crippen LogP) is 4.06. The van der Waals surface area contributed by atoms with Crippen LogP contribution in [0.5, 0.6) is 0 Å². The van der Waals surface area contributed by atoms with Gasteiger partial charge in [-0.3, -0.25) is 20.0 Å². The van der Waals surface area contributed by atoms with Crippen LogP contribution in [0.4, 0.5) is 5.69 Å².